The molecule has 0 saturated carbocycles. The van der Waals surface area contributed by atoms with E-state index in [1.165, 1.54) is 18.2 Å². The zero-order chi connectivity index (χ0) is 15.7. The molecule has 0 bridgehead atoms. The molecule has 0 amide bonds. The number of nitrogen functional groups attached to an aromatic ring is 1. The van der Waals surface area contributed by atoms with Crippen LogP contribution in [-0.2, 0) is 0 Å². The van der Waals surface area contributed by atoms with Gasteiger partial charge in [0.2, 0.25) is 5.95 Å². The SMILES string of the molecule is Nc1nc(-c2ccc(Br)cc2)cc(-c2cc(F)ccc2O)n1. The van der Waals surface area contributed by atoms with Crippen molar-refractivity contribution in [1.82, 2.24) is 9.97 Å². The summed E-state index contributed by atoms with van der Waals surface area (Å²) in [6, 6.07) is 12.8. The number of phenols is 1. The summed E-state index contributed by atoms with van der Waals surface area (Å²) in [6.45, 7) is 0. The summed E-state index contributed by atoms with van der Waals surface area (Å²) < 4.78 is 14.4. The van der Waals surface area contributed by atoms with Crippen molar-refractivity contribution >= 4 is 21.9 Å². The normalized spacial score (nSPS) is 10.6. The zero-order valence-electron chi connectivity index (χ0n) is 11.3. The number of aromatic nitrogens is 2. The third kappa shape index (κ3) is 2.92. The first-order valence-corrected chi connectivity index (χ1v) is 7.21. The van der Waals surface area contributed by atoms with Gasteiger partial charge in [-0.1, -0.05) is 28.1 Å². The molecule has 0 spiro atoms. The molecule has 4 nitrogen and oxygen atoms in total. The first kappa shape index (κ1) is 14.5. The molecule has 0 aliphatic carbocycles. The van der Waals surface area contributed by atoms with Gasteiger partial charge in [0.05, 0.1) is 11.4 Å². The molecular formula is C16H11BrFN3O. The monoisotopic (exact) mass is 359 g/mol. The summed E-state index contributed by atoms with van der Waals surface area (Å²) in [5, 5.41) is 9.90. The molecule has 0 fully saturated rings. The summed E-state index contributed by atoms with van der Waals surface area (Å²) in [5.41, 5.74) is 7.82. The summed E-state index contributed by atoms with van der Waals surface area (Å²) in [6.07, 6.45) is 0. The Morgan fingerprint density at radius 2 is 1.64 bits per heavy atom. The Kier molecular flexibility index (Phi) is 3.77. The van der Waals surface area contributed by atoms with E-state index in [4.69, 9.17) is 5.73 Å². The van der Waals surface area contributed by atoms with Crippen LogP contribution in [0.25, 0.3) is 22.5 Å². The summed E-state index contributed by atoms with van der Waals surface area (Å²) in [4.78, 5) is 8.27. The molecule has 0 saturated heterocycles. The van der Waals surface area contributed by atoms with Gasteiger partial charge in [0.25, 0.3) is 0 Å². The smallest absolute Gasteiger partial charge is 0.221 e. The quantitative estimate of drug-likeness (QED) is 0.725. The summed E-state index contributed by atoms with van der Waals surface area (Å²) >= 11 is 3.37. The topological polar surface area (TPSA) is 72.0 Å². The molecule has 0 atom stereocenters. The lowest BCUT2D eigenvalue weighted by Gasteiger charge is -2.08. The fourth-order valence-electron chi connectivity index (χ4n) is 2.09. The minimum absolute atomic E-state index is 0.0547. The number of anilines is 1. The van der Waals surface area contributed by atoms with Crippen molar-refractivity contribution in [1.29, 1.82) is 0 Å². The van der Waals surface area contributed by atoms with Gasteiger partial charge in [0.15, 0.2) is 0 Å². The van der Waals surface area contributed by atoms with E-state index in [9.17, 15) is 9.50 Å². The second-order valence-corrected chi connectivity index (χ2v) is 5.58. The second-order valence-electron chi connectivity index (χ2n) is 4.66. The molecule has 1 aromatic heterocycles. The predicted molar refractivity (Wildman–Crippen MR) is 86.6 cm³/mol. The fourth-order valence-corrected chi connectivity index (χ4v) is 2.35. The van der Waals surface area contributed by atoms with Gasteiger partial charge in [0, 0.05) is 15.6 Å². The highest BCUT2D eigenvalue weighted by Crippen LogP contribution is 2.31. The van der Waals surface area contributed by atoms with Gasteiger partial charge in [-0.05, 0) is 36.4 Å². The van der Waals surface area contributed by atoms with Gasteiger partial charge in [-0.3, -0.25) is 0 Å². The van der Waals surface area contributed by atoms with E-state index in [1.54, 1.807) is 6.07 Å². The number of nitrogens with two attached hydrogens (primary N) is 1. The molecule has 0 aliphatic heterocycles. The Balaban J connectivity index is 2.14. The zero-order valence-corrected chi connectivity index (χ0v) is 12.9. The second kappa shape index (κ2) is 5.73. The Bertz CT molecular complexity index is 837. The standard InChI is InChI=1S/C16H11BrFN3O/c17-10-3-1-9(2-4-10)13-8-14(21-16(19)20-13)12-7-11(18)5-6-15(12)22/h1-8,22H,(H2,19,20,21). The first-order chi connectivity index (χ1) is 10.5. The summed E-state index contributed by atoms with van der Waals surface area (Å²) in [5.74, 6) is -0.476. The highest BCUT2D eigenvalue weighted by Gasteiger charge is 2.11. The van der Waals surface area contributed by atoms with Crippen LogP contribution in [0.1, 0.15) is 0 Å². The minimum Gasteiger partial charge on any atom is -0.507 e. The van der Waals surface area contributed by atoms with Crippen molar-refractivity contribution in [3.05, 3.63) is 58.8 Å². The molecule has 3 N–H and O–H groups in total. The lowest BCUT2D eigenvalue weighted by atomic mass is 10.1. The van der Waals surface area contributed by atoms with Crippen LogP contribution in [0.4, 0.5) is 10.3 Å². The van der Waals surface area contributed by atoms with Crippen molar-refractivity contribution in [2.75, 3.05) is 5.73 Å². The predicted octanol–water partition coefficient (Wildman–Crippen LogP) is 4.00. The van der Waals surface area contributed by atoms with Crippen LogP contribution in [0.3, 0.4) is 0 Å². The Morgan fingerprint density at radius 3 is 2.36 bits per heavy atom. The van der Waals surface area contributed by atoms with E-state index in [1.807, 2.05) is 24.3 Å². The molecule has 0 radical (unpaired) electrons. The molecular weight excluding hydrogens is 349 g/mol. The van der Waals surface area contributed by atoms with Crippen LogP contribution < -0.4 is 5.73 Å². The van der Waals surface area contributed by atoms with Crippen molar-refractivity contribution in [2.24, 2.45) is 0 Å². The Hall–Kier alpha value is -2.47. The van der Waals surface area contributed by atoms with E-state index in [2.05, 4.69) is 25.9 Å². The number of halogens is 2. The average molecular weight is 360 g/mol. The number of nitrogens with zero attached hydrogens (tertiary/aromatic N) is 2. The highest BCUT2D eigenvalue weighted by molar-refractivity contribution is 9.10. The highest BCUT2D eigenvalue weighted by atomic mass is 79.9. The van der Waals surface area contributed by atoms with E-state index < -0.39 is 5.82 Å². The van der Waals surface area contributed by atoms with E-state index >= 15 is 0 Å². The number of phenolic OH excluding ortho intramolecular Hbond substituents is 1. The molecule has 0 unspecified atom stereocenters. The van der Waals surface area contributed by atoms with Gasteiger partial charge in [-0.15, -0.1) is 0 Å². The third-order valence-electron chi connectivity index (χ3n) is 3.12. The summed E-state index contributed by atoms with van der Waals surface area (Å²) in [7, 11) is 0. The first-order valence-electron chi connectivity index (χ1n) is 6.42. The van der Waals surface area contributed by atoms with Gasteiger partial charge in [0.1, 0.15) is 11.6 Å². The van der Waals surface area contributed by atoms with E-state index in [0.29, 0.717) is 11.4 Å². The number of aromatic hydroxyl groups is 1. The lowest BCUT2D eigenvalue weighted by Crippen LogP contribution is -1.99. The minimum atomic E-state index is -0.463. The van der Waals surface area contributed by atoms with Crippen LogP contribution >= 0.6 is 15.9 Å². The van der Waals surface area contributed by atoms with Crippen LogP contribution in [0.2, 0.25) is 0 Å². The number of hydrogen-bond donors (Lipinski definition) is 2. The Labute approximate surface area is 134 Å². The molecule has 3 rings (SSSR count). The van der Waals surface area contributed by atoms with Crippen molar-refractivity contribution < 1.29 is 9.50 Å². The maximum atomic E-state index is 13.4. The maximum absolute atomic E-state index is 13.4. The van der Waals surface area contributed by atoms with Crippen LogP contribution in [-0.4, -0.2) is 15.1 Å². The van der Waals surface area contributed by atoms with Crippen molar-refractivity contribution in [2.45, 2.75) is 0 Å². The number of rotatable bonds is 2. The average Bonchev–Trinajstić information content (AvgIpc) is 2.50. The molecule has 22 heavy (non-hydrogen) atoms. The fraction of sp³-hybridized carbons (Fsp3) is 0. The molecule has 0 aliphatic rings. The van der Waals surface area contributed by atoms with Gasteiger partial charge in [-0.2, -0.15) is 0 Å². The van der Waals surface area contributed by atoms with E-state index in [0.717, 1.165) is 10.0 Å². The van der Waals surface area contributed by atoms with Crippen LogP contribution in [0, 0.1) is 5.82 Å². The molecule has 1 heterocycles. The Morgan fingerprint density at radius 1 is 0.955 bits per heavy atom. The molecule has 2 aromatic carbocycles. The van der Waals surface area contributed by atoms with Gasteiger partial charge < -0.3 is 10.8 Å². The number of benzene rings is 2. The number of hydrogen-bond acceptors (Lipinski definition) is 4. The van der Waals surface area contributed by atoms with Crippen LogP contribution in [0.5, 0.6) is 5.75 Å². The maximum Gasteiger partial charge on any atom is 0.221 e. The van der Waals surface area contributed by atoms with Crippen molar-refractivity contribution in [3.63, 3.8) is 0 Å². The molecule has 3 aromatic rings. The van der Waals surface area contributed by atoms with E-state index in [-0.39, 0.29) is 17.3 Å². The molecule has 110 valence electrons. The lowest BCUT2D eigenvalue weighted by molar-refractivity contribution is 0.475. The molecule has 6 heteroatoms. The van der Waals surface area contributed by atoms with Gasteiger partial charge in [-0.25, -0.2) is 14.4 Å². The third-order valence-corrected chi connectivity index (χ3v) is 3.65. The van der Waals surface area contributed by atoms with Crippen molar-refractivity contribution in [3.8, 4) is 28.3 Å². The van der Waals surface area contributed by atoms with Crippen LogP contribution in [0.15, 0.2) is 53.0 Å². The van der Waals surface area contributed by atoms with Gasteiger partial charge >= 0.3 is 0 Å². The largest absolute Gasteiger partial charge is 0.507 e.